The molecule has 2 aromatic carbocycles. The monoisotopic (exact) mass is 369 g/mol. The van der Waals surface area contributed by atoms with Crippen molar-refractivity contribution in [3.8, 4) is 5.75 Å². The summed E-state index contributed by atoms with van der Waals surface area (Å²) in [4.78, 5) is 16.3. The normalized spacial score (nSPS) is 10.9. The predicted molar refractivity (Wildman–Crippen MR) is 107 cm³/mol. The smallest absolute Gasteiger partial charge is 0.338 e. The number of carbonyl (C=O) groups excluding carboxylic acids is 1. The van der Waals surface area contributed by atoms with Gasteiger partial charge >= 0.3 is 5.97 Å². The van der Waals surface area contributed by atoms with Gasteiger partial charge in [0.15, 0.2) is 0 Å². The molecule has 0 aliphatic carbocycles. The number of unbranched alkanes of at least 4 members (excludes halogenated alkanes) is 2. The summed E-state index contributed by atoms with van der Waals surface area (Å²) in [5.41, 5.74) is 2.25. The fourth-order valence-corrected chi connectivity index (χ4v) is 2.33. The van der Waals surface area contributed by atoms with Gasteiger partial charge in [-0.05, 0) is 60.5 Å². The molecular weight excluding hydrogens is 342 g/mol. The molecular formula is C22H27NO4. The van der Waals surface area contributed by atoms with Crippen molar-refractivity contribution in [3.63, 3.8) is 0 Å². The second kappa shape index (κ2) is 11.9. The summed E-state index contributed by atoms with van der Waals surface area (Å²) in [6.45, 7) is 3.56. The zero-order valence-corrected chi connectivity index (χ0v) is 16.0. The lowest BCUT2D eigenvalue weighted by Gasteiger charge is -2.05. The number of hydrogen-bond donors (Lipinski definition) is 0. The van der Waals surface area contributed by atoms with Gasteiger partial charge in [0, 0.05) is 13.3 Å². The van der Waals surface area contributed by atoms with Crippen molar-refractivity contribution in [1.82, 2.24) is 0 Å². The molecule has 27 heavy (non-hydrogen) atoms. The summed E-state index contributed by atoms with van der Waals surface area (Å²) in [5.74, 6) is 0.511. The van der Waals surface area contributed by atoms with Crippen LogP contribution in [0.4, 0.5) is 5.69 Å². The first kappa shape index (κ1) is 20.6. The van der Waals surface area contributed by atoms with Crippen molar-refractivity contribution < 1.29 is 19.0 Å². The fourth-order valence-electron chi connectivity index (χ4n) is 2.33. The molecule has 0 aliphatic rings. The average Bonchev–Trinajstić information content (AvgIpc) is 2.71. The molecule has 2 aromatic rings. The molecule has 0 saturated carbocycles. The zero-order valence-electron chi connectivity index (χ0n) is 16.0. The topological polar surface area (TPSA) is 57.1 Å². The first-order valence-electron chi connectivity index (χ1n) is 9.26. The summed E-state index contributed by atoms with van der Waals surface area (Å²) in [6.07, 6.45) is 5.24. The molecule has 0 radical (unpaired) electrons. The zero-order chi connectivity index (χ0) is 19.3. The van der Waals surface area contributed by atoms with Gasteiger partial charge in [0.2, 0.25) is 0 Å². The van der Waals surface area contributed by atoms with E-state index in [2.05, 4.69) is 11.9 Å². The van der Waals surface area contributed by atoms with Crippen molar-refractivity contribution in [2.45, 2.75) is 26.2 Å². The van der Waals surface area contributed by atoms with Crippen LogP contribution >= 0.6 is 0 Å². The summed E-state index contributed by atoms with van der Waals surface area (Å²) in [6, 6.07) is 14.8. The Morgan fingerprint density at radius 1 is 0.963 bits per heavy atom. The highest BCUT2D eigenvalue weighted by Crippen LogP contribution is 2.16. The third kappa shape index (κ3) is 7.62. The van der Waals surface area contributed by atoms with E-state index >= 15 is 0 Å². The molecule has 0 unspecified atom stereocenters. The van der Waals surface area contributed by atoms with Gasteiger partial charge in [-0.2, -0.15) is 0 Å². The summed E-state index contributed by atoms with van der Waals surface area (Å²) in [5, 5.41) is 0. The molecule has 0 aliphatic heterocycles. The maximum absolute atomic E-state index is 11.8. The molecule has 0 saturated heterocycles. The molecule has 0 bridgehead atoms. The molecule has 5 nitrogen and oxygen atoms in total. The van der Waals surface area contributed by atoms with E-state index in [4.69, 9.17) is 14.2 Å². The van der Waals surface area contributed by atoms with Crippen molar-refractivity contribution in [3.05, 3.63) is 59.7 Å². The Morgan fingerprint density at radius 2 is 1.70 bits per heavy atom. The Kier molecular flexibility index (Phi) is 9.07. The van der Waals surface area contributed by atoms with Crippen molar-refractivity contribution in [2.75, 3.05) is 26.9 Å². The molecule has 0 aromatic heterocycles. The molecule has 0 atom stereocenters. The number of rotatable bonds is 11. The predicted octanol–water partition coefficient (Wildman–Crippen LogP) is 4.81. The lowest BCUT2D eigenvalue weighted by molar-refractivity contribution is 0.0388. The maximum Gasteiger partial charge on any atom is 0.338 e. The molecule has 0 amide bonds. The number of aliphatic imine (C=N–C) groups is 1. The maximum atomic E-state index is 11.8. The number of hydrogen-bond acceptors (Lipinski definition) is 5. The van der Waals surface area contributed by atoms with Gasteiger partial charge in [0.1, 0.15) is 12.4 Å². The third-order valence-corrected chi connectivity index (χ3v) is 3.88. The largest absolute Gasteiger partial charge is 0.494 e. The molecule has 0 heterocycles. The van der Waals surface area contributed by atoms with Gasteiger partial charge in [-0.1, -0.05) is 19.8 Å². The van der Waals surface area contributed by atoms with E-state index in [1.165, 1.54) is 12.8 Å². The van der Waals surface area contributed by atoms with Crippen LogP contribution in [0.15, 0.2) is 53.5 Å². The molecule has 0 N–H and O–H groups in total. The standard InChI is InChI=1S/C22H27NO4/c1-3-4-5-14-26-21-12-6-18(7-13-21)17-23-20-10-8-19(9-11-20)22(24)27-16-15-25-2/h6-13,17H,3-5,14-16H2,1-2H3. The fraction of sp³-hybridized carbons (Fsp3) is 0.364. The quantitative estimate of drug-likeness (QED) is 0.324. The van der Waals surface area contributed by atoms with Crippen LogP contribution < -0.4 is 4.74 Å². The van der Waals surface area contributed by atoms with Crippen LogP contribution in [0.25, 0.3) is 0 Å². The van der Waals surface area contributed by atoms with Crippen LogP contribution in [0.5, 0.6) is 5.75 Å². The van der Waals surface area contributed by atoms with E-state index < -0.39 is 0 Å². The average molecular weight is 369 g/mol. The van der Waals surface area contributed by atoms with Crippen LogP contribution in [0.1, 0.15) is 42.1 Å². The van der Waals surface area contributed by atoms with E-state index in [1.54, 1.807) is 37.6 Å². The second-order valence-corrected chi connectivity index (χ2v) is 6.06. The van der Waals surface area contributed by atoms with Gasteiger partial charge in [0.25, 0.3) is 0 Å². The Balaban J connectivity index is 1.85. The minimum Gasteiger partial charge on any atom is -0.494 e. The third-order valence-electron chi connectivity index (χ3n) is 3.88. The van der Waals surface area contributed by atoms with Gasteiger partial charge in [0.05, 0.1) is 24.5 Å². The van der Waals surface area contributed by atoms with Crippen LogP contribution in [0.2, 0.25) is 0 Å². The highest BCUT2D eigenvalue weighted by molar-refractivity contribution is 5.90. The molecule has 5 heteroatoms. The number of carbonyl (C=O) groups is 1. The molecule has 2 rings (SSSR count). The number of esters is 1. The highest BCUT2D eigenvalue weighted by Gasteiger charge is 2.06. The highest BCUT2D eigenvalue weighted by atomic mass is 16.6. The Hall–Kier alpha value is -2.66. The second-order valence-electron chi connectivity index (χ2n) is 6.06. The lowest BCUT2D eigenvalue weighted by atomic mass is 10.2. The van der Waals surface area contributed by atoms with Gasteiger partial charge in [-0.25, -0.2) is 4.79 Å². The van der Waals surface area contributed by atoms with Crippen molar-refractivity contribution >= 4 is 17.9 Å². The Morgan fingerprint density at radius 3 is 2.37 bits per heavy atom. The SMILES string of the molecule is CCCCCOc1ccc(C=Nc2ccc(C(=O)OCCOC)cc2)cc1. The lowest BCUT2D eigenvalue weighted by Crippen LogP contribution is -2.09. The van der Waals surface area contributed by atoms with E-state index in [9.17, 15) is 4.79 Å². The Bertz CT molecular complexity index is 708. The first-order chi connectivity index (χ1) is 13.2. The van der Waals surface area contributed by atoms with Crippen LogP contribution in [0, 0.1) is 0 Å². The van der Waals surface area contributed by atoms with E-state index in [0.29, 0.717) is 12.2 Å². The van der Waals surface area contributed by atoms with E-state index in [1.807, 2.05) is 24.3 Å². The summed E-state index contributed by atoms with van der Waals surface area (Å²) >= 11 is 0. The Labute approximate surface area is 161 Å². The minimum absolute atomic E-state index is 0.244. The number of nitrogens with zero attached hydrogens (tertiary/aromatic N) is 1. The van der Waals surface area contributed by atoms with Crippen molar-refractivity contribution in [2.24, 2.45) is 4.99 Å². The number of benzene rings is 2. The molecule has 0 fully saturated rings. The molecule has 0 spiro atoms. The van der Waals surface area contributed by atoms with Crippen molar-refractivity contribution in [1.29, 1.82) is 0 Å². The van der Waals surface area contributed by atoms with Gasteiger partial charge in [-0.3, -0.25) is 4.99 Å². The van der Waals surface area contributed by atoms with Gasteiger partial charge < -0.3 is 14.2 Å². The van der Waals surface area contributed by atoms with E-state index in [0.717, 1.165) is 30.0 Å². The summed E-state index contributed by atoms with van der Waals surface area (Å²) < 4.78 is 15.6. The first-order valence-corrected chi connectivity index (χ1v) is 9.26. The van der Waals surface area contributed by atoms with Gasteiger partial charge in [-0.15, -0.1) is 0 Å². The van der Waals surface area contributed by atoms with Crippen LogP contribution in [0.3, 0.4) is 0 Å². The van der Waals surface area contributed by atoms with Crippen LogP contribution in [-0.2, 0) is 9.47 Å². The minimum atomic E-state index is -0.364. The summed E-state index contributed by atoms with van der Waals surface area (Å²) in [7, 11) is 1.56. The molecule has 144 valence electrons. The number of methoxy groups -OCH3 is 1. The number of ether oxygens (including phenoxy) is 3. The van der Waals surface area contributed by atoms with E-state index in [-0.39, 0.29) is 12.6 Å². The van der Waals surface area contributed by atoms with Crippen LogP contribution in [-0.4, -0.2) is 39.1 Å².